The number of amides is 2. The quantitative estimate of drug-likeness (QED) is 0.00200. The van der Waals surface area contributed by atoms with E-state index < -0.39 is 95.5 Å². The van der Waals surface area contributed by atoms with Gasteiger partial charge in [-0.3, -0.25) is 57.5 Å². The molecule has 7 aromatic carbocycles. The molecular weight excluding hydrogens is 2130 g/mol. The number of carboxylic acids is 2. The minimum absolute atomic E-state index is 0. The Kier molecular flexibility index (Phi) is 51.3. The summed E-state index contributed by atoms with van der Waals surface area (Å²) >= 11 is 2.00. The molecule has 0 saturated carbocycles. The van der Waals surface area contributed by atoms with Crippen LogP contribution >= 0.6 is 31.0 Å². The van der Waals surface area contributed by atoms with E-state index in [1.54, 1.807) is 14.2 Å². The second-order valence-corrected chi connectivity index (χ2v) is 37.5. The molecule has 4 heterocycles. The number of aldehydes is 1. The van der Waals surface area contributed by atoms with Gasteiger partial charge in [-0.1, -0.05) is 183 Å². The first-order valence-electron chi connectivity index (χ1n) is 46.7. The van der Waals surface area contributed by atoms with Crippen molar-refractivity contribution in [1.29, 1.82) is 0 Å². The maximum atomic E-state index is 13.1. The number of aromatic amines is 2. The average Bonchev–Trinajstić information content (AvgIpc) is 1.23. The van der Waals surface area contributed by atoms with Gasteiger partial charge < -0.3 is 78.3 Å². The number of rotatable bonds is 43. The SMILES string of the molecule is C.CC(=O)CCC(=O)O.CC(=O)CCC(=O)OC1C[C@H](n2cc(C#CCNC(=O)CCCC(=O)OCC3c4ccccc4-c4ccccc43)c(=O)[nH]c2=O)O[C@@H]1CO.CCN=C=NCCCN(C)C.COc1ccc(C(OC[C@H]2O[C@@H](n3cc(C#CCNC(=O)CCCC(=O)OCC4c5ccccc5-c5ccccc54)c(=O)[nH]c3=O)CC2O)(c2ccccc2)c2ccc(OC)cc2)cc1.Cl.O=C[C@H](CCC(=O)O)N[I-]I. The number of aliphatic carboxylic acids is 2. The Morgan fingerprint density at radius 2 is 0.993 bits per heavy atom. The number of aromatic nitrogens is 4. The van der Waals surface area contributed by atoms with Gasteiger partial charge in [-0.2, -0.15) is 0 Å². The van der Waals surface area contributed by atoms with Crippen LogP contribution in [0.25, 0.3) is 22.3 Å². The summed E-state index contributed by atoms with van der Waals surface area (Å²) in [6.07, 6.45) is 0.0777. The molecule has 780 valence electrons. The van der Waals surface area contributed by atoms with Crippen molar-refractivity contribution in [2.75, 3.05) is 87.5 Å². The zero-order valence-electron chi connectivity index (χ0n) is 81.3. The van der Waals surface area contributed by atoms with Crippen LogP contribution in [0.15, 0.2) is 217 Å². The fraction of sp³-hybridized carbons (Fsp3) is 0.393. The number of fused-ring (bicyclic) bond motifs is 6. The Bertz CT molecular complexity index is 6170. The number of esters is 3. The first-order chi connectivity index (χ1) is 69.4. The Morgan fingerprint density at radius 3 is 1.40 bits per heavy atom. The number of aliphatic hydroxyl groups excluding tert-OH is 2. The predicted molar refractivity (Wildman–Crippen MR) is 552 cm³/mol. The van der Waals surface area contributed by atoms with E-state index in [9.17, 15) is 77.3 Å². The van der Waals surface area contributed by atoms with Gasteiger partial charge >= 0.3 is 121 Å². The van der Waals surface area contributed by atoms with Gasteiger partial charge in [-0.25, -0.2) is 19.6 Å². The molecule has 9 aromatic rings. The third kappa shape index (κ3) is 36.8. The summed E-state index contributed by atoms with van der Waals surface area (Å²) in [5.74, 6) is 7.95. The van der Waals surface area contributed by atoms with Crippen molar-refractivity contribution < 1.29 is 124 Å². The molecule has 13 rings (SSSR count). The first-order valence-corrected chi connectivity index (χ1v) is 54.1. The van der Waals surface area contributed by atoms with Crippen LogP contribution in [0.3, 0.4) is 0 Å². The number of carbonyl (C=O) groups is 10. The third-order valence-electron chi connectivity index (χ3n) is 23.1. The summed E-state index contributed by atoms with van der Waals surface area (Å²) in [7, 11) is 7.31. The average molecular weight is 2260 g/mol. The van der Waals surface area contributed by atoms with Crippen molar-refractivity contribution >= 4 is 96.5 Å². The van der Waals surface area contributed by atoms with E-state index in [0.29, 0.717) is 17.9 Å². The maximum absolute atomic E-state index is 13.1. The number of ether oxygens (including phenoxy) is 8. The minimum atomic E-state index is -1.17. The van der Waals surface area contributed by atoms with Gasteiger partial charge in [0, 0.05) is 82.1 Å². The fourth-order valence-corrected chi connectivity index (χ4v) is 18.7. The molecule has 2 aliphatic heterocycles. The van der Waals surface area contributed by atoms with E-state index >= 15 is 0 Å². The number of methoxy groups -OCH3 is 2. The molecule has 9 N–H and O–H groups in total. The van der Waals surface area contributed by atoms with Crippen molar-refractivity contribution in [1.82, 2.24) is 38.2 Å². The molecule has 146 heavy (non-hydrogen) atoms. The van der Waals surface area contributed by atoms with Crippen molar-refractivity contribution in [3.63, 3.8) is 0 Å². The summed E-state index contributed by atoms with van der Waals surface area (Å²) in [6, 6.07) is 59.5. The number of halogens is 3. The monoisotopic (exact) mass is 2250 g/mol. The van der Waals surface area contributed by atoms with Crippen LogP contribution in [-0.2, 0) is 82.0 Å². The number of aliphatic imine (C=N–C) groups is 2. The number of H-pyrrole nitrogens is 2. The summed E-state index contributed by atoms with van der Waals surface area (Å²) in [6.45, 7) is 7.09. The first kappa shape index (κ1) is 120. The molecule has 2 aromatic heterocycles. The van der Waals surface area contributed by atoms with Crippen LogP contribution in [0.4, 0.5) is 0 Å². The van der Waals surface area contributed by atoms with Crippen molar-refractivity contribution in [2.45, 2.75) is 185 Å². The molecule has 2 aliphatic carbocycles. The number of ketones is 2. The second kappa shape index (κ2) is 62.6. The summed E-state index contributed by atoms with van der Waals surface area (Å²) in [4.78, 5) is 179. The summed E-state index contributed by atoms with van der Waals surface area (Å²) in [5, 5.41) is 42.6. The van der Waals surface area contributed by atoms with Gasteiger partial charge in [0.1, 0.15) is 83.8 Å². The normalized spacial score (nSPS) is 15.4. The van der Waals surface area contributed by atoms with Crippen LogP contribution in [0.1, 0.15) is 199 Å². The van der Waals surface area contributed by atoms with Crippen LogP contribution in [0, 0.1) is 23.7 Å². The van der Waals surface area contributed by atoms with Crippen molar-refractivity contribution in [2.24, 2.45) is 9.98 Å². The number of nitrogens with zero attached hydrogens (tertiary/aromatic N) is 5. The number of carbonyl (C=O) groups excluding carboxylic acids is 8. The number of hydrogen-bond donors (Lipinski definition) is 9. The number of aliphatic hydroxyl groups is 2. The van der Waals surface area contributed by atoms with Crippen LogP contribution in [0.2, 0.25) is 0 Å². The van der Waals surface area contributed by atoms with Crippen LogP contribution in [0.5, 0.6) is 11.5 Å². The van der Waals surface area contributed by atoms with E-state index in [0.717, 1.165) is 98.1 Å². The Hall–Kier alpha value is -13.2. The molecule has 2 amide bonds. The third-order valence-corrected chi connectivity index (χ3v) is 25.7. The van der Waals surface area contributed by atoms with E-state index in [1.807, 2.05) is 146 Å². The standard InChI is InChI=1S/C52H49N3O10.C36H37N3O10.C8H17N3.C5H8I2NO3.C5H8O3.CH4.ClH/c1-61-38-25-21-36(22-26-38)52(35-13-4-3-5-14-35,37-23-27-39(62-2)28-24-37)64-33-46-45(56)30-48(65-46)55-31-34(50(59)54-51(55)60)12-11-29-53-47(57)19-10-20-49(58)63-32-44-42-17-8-6-15-40(42)41-16-7-9-18-43(41)44;1-22(41)15-16-34(44)49-29-18-32(48-30(29)20-40)39-19-23(35(45)38-36(39)46)8-7-17-37-31(42)13-6-14-33(43)47-21-28-26-11-4-2-9-24(26)25-10-3-5-12-27(25)28;1-4-9-8-10-6-5-7-11(2)3;6-7-8-4(3-9)1-2-5(10)11;1-4(6)2-3-5(7)8;;/h3-9,13-18,21-28,31,44-46,48,56H,10,19-20,29-30,32-33H2,1-2H3,(H,53,57)(H,54,59,60);2-5,9-12,19,28-30,32,40H,6,13-18,20-21H2,1H3,(H,37,42)(H,38,45,46);4-7H2,1-3H3;3-4,8H,1-2H2,(H,10,11);2-3H2,1H3,(H,7,8);1H4;1H/q;;;-1;;;/t45?,46-,48-;29?,30-,32-;;4-;;;/m11.0.../s1. The van der Waals surface area contributed by atoms with Gasteiger partial charge in [-0.05, 0) is 146 Å². The molecule has 0 spiro atoms. The molecule has 0 bridgehead atoms. The van der Waals surface area contributed by atoms with E-state index in [-0.39, 0.29) is 212 Å². The van der Waals surface area contributed by atoms with Gasteiger partial charge in [-0.15, -0.1) is 12.4 Å². The van der Waals surface area contributed by atoms with Gasteiger partial charge in [0.15, 0.2) is 0 Å². The van der Waals surface area contributed by atoms with Crippen LogP contribution < -0.4 is 63.6 Å². The van der Waals surface area contributed by atoms with Gasteiger partial charge in [0.25, 0.3) is 11.1 Å². The van der Waals surface area contributed by atoms with E-state index in [2.05, 4.69) is 138 Å². The molecular formula is C107H124ClI2N10O26-. The number of nitrogens with one attached hydrogen (secondary N) is 5. The number of hydrogen-bond acceptors (Lipinski definition) is 28. The van der Waals surface area contributed by atoms with Gasteiger partial charge in [0.2, 0.25) is 11.8 Å². The molecule has 4 aliphatic rings. The molecule has 7 atom stereocenters. The Balaban J connectivity index is 0.000000310. The van der Waals surface area contributed by atoms with Crippen molar-refractivity contribution in [3.8, 4) is 57.4 Å². The topological polar surface area (TPSA) is 499 Å². The van der Waals surface area contributed by atoms with Crippen molar-refractivity contribution in [3.05, 3.63) is 280 Å². The molecule has 2 fully saturated rings. The molecule has 36 nitrogen and oxygen atoms in total. The zero-order chi connectivity index (χ0) is 104. The predicted octanol–water partition coefficient (Wildman–Crippen LogP) is 8.29. The van der Waals surface area contributed by atoms with Crippen LogP contribution in [-0.4, -0.2) is 228 Å². The second-order valence-electron chi connectivity index (χ2n) is 33.7. The number of carboxylic acid groups (broad SMARTS) is 2. The zero-order valence-corrected chi connectivity index (χ0v) is 86.4. The summed E-state index contributed by atoms with van der Waals surface area (Å²) < 4.78 is 51.6. The summed E-state index contributed by atoms with van der Waals surface area (Å²) in [5.41, 5.74) is 7.22. The molecule has 2 saturated heterocycles. The van der Waals surface area contributed by atoms with Gasteiger partial charge in [0.05, 0.1) is 72.0 Å². The number of benzene rings is 7. The fourth-order valence-electron chi connectivity index (χ4n) is 15.9. The van der Waals surface area contributed by atoms with E-state index in [4.69, 9.17) is 48.1 Å². The Labute approximate surface area is 872 Å². The van der Waals surface area contributed by atoms with E-state index in [1.165, 1.54) is 30.8 Å². The molecule has 0 radical (unpaired) electrons. The molecule has 39 heteroatoms. The Morgan fingerprint density at radius 1 is 0.562 bits per heavy atom. The number of Topliss-reactive ketones (excluding diaryl/α,β-unsaturated/α-hetero) is 2. The molecule has 2 unspecified atom stereocenters.